The zero-order valence-corrected chi connectivity index (χ0v) is 31.5. The summed E-state index contributed by atoms with van der Waals surface area (Å²) in [6, 6.07) is 7.95. The number of nitro groups is 1. The zero-order chi connectivity index (χ0) is 39.3. The van der Waals surface area contributed by atoms with Crippen molar-refractivity contribution >= 4 is 105 Å². The van der Waals surface area contributed by atoms with E-state index >= 15 is 0 Å². The highest BCUT2D eigenvalue weighted by atomic mass is 33.1. The third kappa shape index (κ3) is 13.8. The molecule has 2 aromatic rings. The maximum atomic E-state index is 12.0. The van der Waals surface area contributed by atoms with Gasteiger partial charge in [-0.3, -0.25) is 38.4 Å². The number of hydrogen-bond acceptors (Lipinski definition) is 20. The smallest absolute Gasteiger partial charge is 0.329 e. The maximum absolute atomic E-state index is 12.0. The van der Waals surface area contributed by atoms with Crippen LogP contribution in [0.25, 0.3) is 0 Å². The standard InChI is InChI=1S/C13H13N3O9S3.C13H14N2O7S3/c17-11-3-4-12(18)15(11)25-13(19)9(28(22,23)24)5-6-26-27-10-2-1-8(7-14-10)16(20)21;16-11-4-5-12(17)15(11)22-13(18)9(25(19,20)21)6-8-23-24-10-3-1-2-7-14-10/h1-2,7,9H,3-6H2,(H,22,23,24);1-3,7,9H,4-6,8H2,(H,19,20,21). The molecule has 0 bridgehead atoms. The lowest BCUT2D eigenvalue weighted by atomic mass is 10.3. The highest BCUT2D eigenvalue weighted by Gasteiger charge is 2.40. The van der Waals surface area contributed by atoms with Crippen LogP contribution in [0.15, 0.2) is 52.8 Å². The Kier molecular flexibility index (Phi) is 16.4. The Balaban J connectivity index is 0.000000287. The molecule has 2 unspecified atom stereocenters. The molecule has 21 nitrogen and oxygen atoms in total. The first-order valence-corrected chi connectivity index (χ1v) is 22.2. The van der Waals surface area contributed by atoms with E-state index in [0.717, 1.165) is 27.8 Å². The summed E-state index contributed by atoms with van der Waals surface area (Å²) in [6.07, 6.45) is 1.51. The third-order valence-corrected chi connectivity index (χ3v) is 13.3. The SMILES string of the molecule is O=C(ON1C(=O)CCC1=O)C(CCSSc1ccc([N+](=O)[O-])cn1)S(=O)(=O)O.O=C(ON1C(=O)CCC1=O)C(CCSSc1ccccn1)S(=O)(=O)O. The average molecular weight is 858 g/mol. The van der Waals surface area contributed by atoms with E-state index in [1.54, 1.807) is 24.4 Å². The second-order valence-electron chi connectivity index (χ2n) is 10.2. The van der Waals surface area contributed by atoms with Crippen LogP contribution in [0.4, 0.5) is 5.69 Å². The zero-order valence-electron chi connectivity index (χ0n) is 26.6. The third-order valence-electron chi connectivity index (χ3n) is 6.40. The van der Waals surface area contributed by atoms with Crippen molar-refractivity contribution in [2.24, 2.45) is 0 Å². The average Bonchev–Trinajstić information content (AvgIpc) is 3.58. The van der Waals surface area contributed by atoms with Crippen molar-refractivity contribution in [1.82, 2.24) is 20.1 Å². The summed E-state index contributed by atoms with van der Waals surface area (Å²) in [5, 5.41) is 8.25. The number of imide groups is 2. The Morgan fingerprint density at radius 2 is 1.19 bits per heavy atom. The molecule has 0 aromatic carbocycles. The van der Waals surface area contributed by atoms with E-state index < -0.39 is 71.2 Å². The number of pyridine rings is 2. The Morgan fingerprint density at radius 1 is 0.755 bits per heavy atom. The molecule has 0 saturated carbocycles. The molecule has 4 amide bonds. The van der Waals surface area contributed by atoms with Gasteiger partial charge < -0.3 is 9.68 Å². The lowest BCUT2D eigenvalue weighted by Gasteiger charge is -2.17. The molecule has 2 aliphatic heterocycles. The lowest BCUT2D eigenvalue weighted by molar-refractivity contribution is -0.385. The van der Waals surface area contributed by atoms with Gasteiger partial charge in [-0.15, -0.1) is 10.1 Å². The minimum Gasteiger partial charge on any atom is -0.329 e. The molecule has 0 spiro atoms. The van der Waals surface area contributed by atoms with Crippen molar-refractivity contribution in [1.29, 1.82) is 0 Å². The molecule has 0 aliphatic carbocycles. The summed E-state index contributed by atoms with van der Waals surface area (Å²) in [7, 11) is -4.92. The predicted octanol–water partition coefficient (Wildman–Crippen LogP) is 2.06. The van der Waals surface area contributed by atoms with E-state index in [1.165, 1.54) is 33.7 Å². The van der Waals surface area contributed by atoms with Gasteiger partial charge in [-0.05, 0) is 52.6 Å². The molecule has 0 radical (unpaired) electrons. The number of hydroxylamine groups is 4. The van der Waals surface area contributed by atoms with Crippen molar-refractivity contribution in [3.63, 3.8) is 0 Å². The monoisotopic (exact) mass is 857 g/mol. The van der Waals surface area contributed by atoms with Gasteiger partial charge >= 0.3 is 11.9 Å². The molecular weight excluding hydrogens is 831 g/mol. The highest BCUT2D eigenvalue weighted by molar-refractivity contribution is 8.77. The van der Waals surface area contributed by atoms with Gasteiger partial charge in [0, 0.05) is 49.5 Å². The summed E-state index contributed by atoms with van der Waals surface area (Å²) < 4.78 is 64.2. The normalized spacial score (nSPS) is 15.8. The Morgan fingerprint density at radius 3 is 1.53 bits per heavy atom. The van der Waals surface area contributed by atoms with E-state index in [4.69, 9.17) is 0 Å². The molecule has 288 valence electrons. The van der Waals surface area contributed by atoms with Gasteiger partial charge in [0.1, 0.15) is 16.2 Å². The quantitative estimate of drug-likeness (QED) is 0.0574. The van der Waals surface area contributed by atoms with E-state index in [-0.39, 0.29) is 65.8 Å². The van der Waals surface area contributed by atoms with Crippen LogP contribution in [-0.4, -0.2) is 109 Å². The fraction of sp³-hybridized carbons (Fsp3) is 0.385. The molecule has 2 atom stereocenters. The van der Waals surface area contributed by atoms with Crippen LogP contribution < -0.4 is 0 Å². The fourth-order valence-corrected chi connectivity index (χ4v) is 9.46. The predicted molar refractivity (Wildman–Crippen MR) is 186 cm³/mol. The van der Waals surface area contributed by atoms with Crippen molar-refractivity contribution < 1.29 is 69.3 Å². The number of amides is 4. The van der Waals surface area contributed by atoms with Crippen LogP contribution in [-0.2, 0) is 58.7 Å². The van der Waals surface area contributed by atoms with Crippen LogP contribution in [0.2, 0.25) is 0 Å². The first kappa shape index (κ1) is 43.5. The second-order valence-corrected chi connectivity index (χ2v) is 18.2. The minimum absolute atomic E-state index is 0.0464. The second kappa shape index (κ2) is 20.0. The first-order valence-electron chi connectivity index (χ1n) is 14.6. The van der Waals surface area contributed by atoms with Crippen LogP contribution in [0.5, 0.6) is 0 Å². The van der Waals surface area contributed by atoms with Gasteiger partial charge in [-0.1, -0.05) is 27.7 Å². The molecular formula is C26H27N5O16S6. The van der Waals surface area contributed by atoms with E-state index in [1.807, 2.05) is 0 Å². The summed E-state index contributed by atoms with van der Waals surface area (Å²) in [4.78, 5) is 96.6. The van der Waals surface area contributed by atoms with E-state index in [2.05, 4.69) is 19.6 Å². The lowest BCUT2D eigenvalue weighted by Crippen LogP contribution is -2.39. The number of carbonyl (C=O) groups is 6. The molecule has 2 N–H and O–H groups in total. The first-order chi connectivity index (χ1) is 24.9. The number of carbonyl (C=O) groups excluding carboxylic acids is 6. The summed E-state index contributed by atoms with van der Waals surface area (Å²) in [5.74, 6) is -5.59. The highest BCUT2D eigenvalue weighted by Crippen LogP contribution is 2.32. The summed E-state index contributed by atoms with van der Waals surface area (Å²) in [6.45, 7) is 0. The van der Waals surface area contributed by atoms with Gasteiger partial charge in [-0.2, -0.15) is 16.8 Å². The molecule has 27 heteroatoms. The molecule has 53 heavy (non-hydrogen) atoms. The Labute approximate surface area is 316 Å². The molecule has 2 aliphatic rings. The number of nitrogens with zero attached hydrogens (tertiary/aromatic N) is 5. The number of rotatable bonds is 17. The van der Waals surface area contributed by atoms with Gasteiger partial charge in [0.25, 0.3) is 49.6 Å². The van der Waals surface area contributed by atoms with Crippen LogP contribution in [0.3, 0.4) is 0 Å². The summed E-state index contributed by atoms with van der Waals surface area (Å²) in [5.41, 5.74) is -0.186. The van der Waals surface area contributed by atoms with Gasteiger partial charge in [-0.25, -0.2) is 19.6 Å². The fourth-order valence-electron chi connectivity index (χ4n) is 3.83. The molecule has 2 aromatic heterocycles. The molecule has 2 saturated heterocycles. The number of hydrogen-bond donors (Lipinski definition) is 2. The maximum Gasteiger partial charge on any atom is 0.353 e. The largest absolute Gasteiger partial charge is 0.353 e. The Bertz CT molecular complexity index is 1890. The van der Waals surface area contributed by atoms with Crippen molar-refractivity contribution in [2.45, 2.75) is 59.1 Å². The Hall–Kier alpha value is -3.86. The van der Waals surface area contributed by atoms with Crippen molar-refractivity contribution in [2.75, 3.05) is 11.5 Å². The molecule has 4 rings (SSSR count). The van der Waals surface area contributed by atoms with Gasteiger partial charge in [0.15, 0.2) is 10.5 Å². The molecule has 2 fully saturated rings. The van der Waals surface area contributed by atoms with E-state index in [0.29, 0.717) is 10.1 Å². The topological polar surface area (TPSA) is 305 Å². The number of aromatic nitrogens is 2. The molecule has 4 heterocycles. The van der Waals surface area contributed by atoms with Gasteiger partial charge in [0.05, 0.1) is 4.92 Å². The van der Waals surface area contributed by atoms with E-state index in [9.17, 15) is 64.8 Å². The van der Waals surface area contributed by atoms with Crippen LogP contribution in [0, 0.1) is 10.1 Å². The van der Waals surface area contributed by atoms with Crippen molar-refractivity contribution in [3.05, 3.63) is 52.8 Å². The van der Waals surface area contributed by atoms with Gasteiger partial charge in [0.2, 0.25) is 0 Å². The van der Waals surface area contributed by atoms with Crippen LogP contribution in [0.1, 0.15) is 38.5 Å². The summed E-state index contributed by atoms with van der Waals surface area (Å²) >= 11 is 0. The minimum atomic E-state index is -4.84. The van der Waals surface area contributed by atoms with Crippen LogP contribution >= 0.6 is 43.2 Å². The van der Waals surface area contributed by atoms with Crippen molar-refractivity contribution in [3.8, 4) is 0 Å².